The summed E-state index contributed by atoms with van der Waals surface area (Å²) in [5.74, 6) is -1.44. The van der Waals surface area contributed by atoms with E-state index in [1.165, 1.54) is 68.7 Å². The molecule has 1 aliphatic heterocycles. The van der Waals surface area contributed by atoms with Gasteiger partial charge in [0.1, 0.15) is 5.82 Å². The Balaban J connectivity index is 1.62. The molecule has 0 bridgehead atoms. The van der Waals surface area contributed by atoms with Crippen molar-refractivity contribution >= 4 is 44.9 Å². The number of rotatable bonds is 7. The lowest BCUT2D eigenvalue weighted by Gasteiger charge is -2.14. The van der Waals surface area contributed by atoms with Gasteiger partial charge >= 0.3 is 0 Å². The molecule has 3 rings (SSSR count). The van der Waals surface area contributed by atoms with Crippen LogP contribution in [0.25, 0.3) is 6.08 Å². The van der Waals surface area contributed by atoms with E-state index in [1.807, 2.05) is 0 Å². The highest BCUT2D eigenvalue weighted by atomic mass is 32.2. The lowest BCUT2D eigenvalue weighted by Crippen LogP contribution is -2.37. The summed E-state index contributed by atoms with van der Waals surface area (Å²) in [6.45, 7) is -0.0573. The minimum atomic E-state index is -3.69. The summed E-state index contributed by atoms with van der Waals surface area (Å²) >= 11 is 0.764. The van der Waals surface area contributed by atoms with Crippen LogP contribution >= 0.6 is 11.8 Å². The number of nitrogens with one attached hydrogen (secondary N) is 1. The molecular formula is C21H20FN3O5S2. The van der Waals surface area contributed by atoms with Gasteiger partial charge in [-0.3, -0.25) is 19.3 Å². The number of hydrogen-bond acceptors (Lipinski definition) is 6. The predicted octanol–water partition coefficient (Wildman–Crippen LogP) is 2.54. The fourth-order valence-electron chi connectivity index (χ4n) is 2.80. The van der Waals surface area contributed by atoms with Gasteiger partial charge in [-0.1, -0.05) is 18.2 Å². The topological polar surface area (TPSA) is 104 Å². The number of halogens is 1. The quantitative estimate of drug-likeness (QED) is 0.615. The second kappa shape index (κ2) is 9.63. The molecule has 0 saturated carbocycles. The molecule has 32 heavy (non-hydrogen) atoms. The van der Waals surface area contributed by atoms with Crippen LogP contribution in [0.1, 0.15) is 15.9 Å². The molecule has 1 aliphatic rings. The van der Waals surface area contributed by atoms with Crippen LogP contribution in [0.2, 0.25) is 0 Å². The Morgan fingerprint density at radius 1 is 1.16 bits per heavy atom. The summed E-state index contributed by atoms with van der Waals surface area (Å²) in [4.78, 5) is 38.3. The van der Waals surface area contributed by atoms with Crippen LogP contribution in [0.15, 0.2) is 58.3 Å². The van der Waals surface area contributed by atoms with E-state index in [0.29, 0.717) is 5.56 Å². The monoisotopic (exact) mass is 477 g/mol. The van der Waals surface area contributed by atoms with Crippen molar-refractivity contribution < 1.29 is 27.2 Å². The van der Waals surface area contributed by atoms with E-state index in [1.54, 1.807) is 0 Å². The van der Waals surface area contributed by atoms with Gasteiger partial charge in [-0.05, 0) is 53.7 Å². The zero-order valence-electron chi connectivity index (χ0n) is 17.2. The average molecular weight is 478 g/mol. The number of amides is 3. The molecule has 1 heterocycles. The summed E-state index contributed by atoms with van der Waals surface area (Å²) in [5.41, 5.74) is 0.719. The molecule has 0 unspecified atom stereocenters. The third kappa shape index (κ3) is 5.23. The lowest BCUT2D eigenvalue weighted by atomic mass is 10.2. The second-order valence-electron chi connectivity index (χ2n) is 6.96. The third-order valence-corrected chi connectivity index (χ3v) is 7.26. The molecule has 1 saturated heterocycles. The van der Waals surface area contributed by atoms with E-state index < -0.39 is 32.9 Å². The van der Waals surface area contributed by atoms with Crippen molar-refractivity contribution in [1.29, 1.82) is 0 Å². The Morgan fingerprint density at radius 3 is 2.50 bits per heavy atom. The summed E-state index contributed by atoms with van der Waals surface area (Å²) < 4.78 is 38.5. The molecule has 0 aromatic heterocycles. The molecule has 11 heteroatoms. The normalized spacial score (nSPS) is 15.6. The Bertz CT molecular complexity index is 1190. The zero-order valence-corrected chi connectivity index (χ0v) is 18.9. The zero-order chi connectivity index (χ0) is 23.5. The molecule has 2 aromatic rings. The first-order valence-electron chi connectivity index (χ1n) is 9.41. The number of carbonyl (C=O) groups is 3. The van der Waals surface area contributed by atoms with Gasteiger partial charge in [-0.25, -0.2) is 17.1 Å². The SMILES string of the molecule is CN(C)S(=O)(=O)c1cccc(C(=O)NCCN2C(=O)SC(=Cc3ccc(F)cc3)C2=O)c1. The van der Waals surface area contributed by atoms with E-state index in [2.05, 4.69) is 5.32 Å². The Morgan fingerprint density at radius 2 is 1.84 bits per heavy atom. The van der Waals surface area contributed by atoms with Crippen molar-refractivity contribution in [2.75, 3.05) is 27.2 Å². The van der Waals surface area contributed by atoms with Crippen molar-refractivity contribution in [1.82, 2.24) is 14.5 Å². The molecule has 0 spiro atoms. The molecule has 1 N–H and O–H groups in total. The standard InChI is InChI=1S/C21H20FN3O5S2/c1-24(2)32(29,30)17-5-3-4-15(13-17)19(26)23-10-11-25-20(27)18(31-21(25)28)12-14-6-8-16(22)9-7-14/h3-9,12-13H,10-11H2,1-2H3,(H,23,26). The van der Waals surface area contributed by atoms with Crippen LogP contribution in [0.4, 0.5) is 9.18 Å². The maximum absolute atomic E-state index is 13.0. The number of nitrogens with zero attached hydrogens (tertiary/aromatic N) is 2. The highest BCUT2D eigenvalue weighted by Gasteiger charge is 2.34. The molecule has 8 nitrogen and oxygen atoms in total. The van der Waals surface area contributed by atoms with Gasteiger partial charge < -0.3 is 5.32 Å². The minimum absolute atomic E-state index is 0.00857. The number of carbonyl (C=O) groups excluding carboxylic acids is 3. The van der Waals surface area contributed by atoms with Crippen LogP contribution in [-0.4, -0.2) is 61.9 Å². The van der Waals surface area contributed by atoms with Crippen molar-refractivity contribution in [3.63, 3.8) is 0 Å². The average Bonchev–Trinajstić information content (AvgIpc) is 3.02. The number of benzene rings is 2. The molecule has 2 aromatic carbocycles. The first-order valence-corrected chi connectivity index (χ1v) is 11.7. The van der Waals surface area contributed by atoms with E-state index in [9.17, 15) is 27.2 Å². The number of sulfonamides is 1. The highest BCUT2D eigenvalue weighted by Crippen LogP contribution is 2.31. The van der Waals surface area contributed by atoms with Crippen molar-refractivity contribution in [3.05, 3.63) is 70.4 Å². The smallest absolute Gasteiger partial charge is 0.293 e. The van der Waals surface area contributed by atoms with Crippen molar-refractivity contribution in [2.24, 2.45) is 0 Å². The maximum Gasteiger partial charge on any atom is 0.293 e. The van der Waals surface area contributed by atoms with Gasteiger partial charge in [-0.15, -0.1) is 0 Å². The third-order valence-electron chi connectivity index (χ3n) is 4.54. The Hall–Kier alpha value is -3.02. The largest absolute Gasteiger partial charge is 0.350 e. The van der Waals surface area contributed by atoms with Crippen molar-refractivity contribution in [3.8, 4) is 0 Å². The number of thioether (sulfide) groups is 1. The molecular weight excluding hydrogens is 457 g/mol. The fraction of sp³-hybridized carbons (Fsp3) is 0.190. The van der Waals surface area contributed by atoms with Crippen LogP contribution in [0, 0.1) is 5.82 Å². The highest BCUT2D eigenvalue weighted by molar-refractivity contribution is 8.18. The molecule has 1 fully saturated rings. The van der Waals surface area contributed by atoms with Crippen molar-refractivity contribution in [2.45, 2.75) is 4.90 Å². The summed E-state index contributed by atoms with van der Waals surface area (Å²) in [6, 6.07) is 11.1. The summed E-state index contributed by atoms with van der Waals surface area (Å²) in [7, 11) is -0.906. The Kier molecular flexibility index (Phi) is 7.12. The Labute approximate surface area is 189 Å². The van der Waals surface area contributed by atoms with Crippen LogP contribution in [0.3, 0.4) is 0 Å². The summed E-state index contributed by atoms with van der Waals surface area (Å²) in [6.07, 6.45) is 1.50. The maximum atomic E-state index is 13.0. The van der Waals surface area contributed by atoms with Gasteiger partial charge in [0, 0.05) is 32.7 Å². The van der Waals surface area contributed by atoms with Crippen LogP contribution < -0.4 is 5.32 Å². The fourth-order valence-corrected chi connectivity index (χ4v) is 4.61. The number of imide groups is 1. The molecule has 3 amide bonds. The molecule has 0 aliphatic carbocycles. The first kappa shape index (κ1) is 23.6. The van der Waals surface area contributed by atoms with E-state index in [4.69, 9.17) is 0 Å². The predicted molar refractivity (Wildman–Crippen MR) is 119 cm³/mol. The first-order chi connectivity index (χ1) is 15.1. The van der Waals surface area contributed by atoms with Crippen LogP contribution in [0.5, 0.6) is 0 Å². The van der Waals surface area contributed by atoms with E-state index in [0.717, 1.165) is 21.0 Å². The van der Waals surface area contributed by atoms with Gasteiger partial charge in [0.25, 0.3) is 17.1 Å². The molecule has 168 valence electrons. The molecule has 0 radical (unpaired) electrons. The van der Waals surface area contributed by atoms with Crippen LogP contribution in [-0.2, 0) is 14.8 Å². The number of hydrogen-bond donors (Lipinski definition) is 1. The van der Waals surface area contributed by atoms with Gasteiger partial charge in [0.05, 0.1) is 9.80 Å². The molecule has 0 atom stereocenters. The van der Waals surface area contributed by atoms with Gasteiger partial charge in [-0.2, -0.15) is 0 Å². The summed E-state index contributed by atoms with van der Waals surface area (Å²) in [5, 5.41) is 2.11. The van der Waals surface area contributed by atoms with E-state index >= 15 is 0 Å². The van der Waals surface area contributed by atoms with Gasteiger partial charge in [0.15, 0.2) is 0 Å². The van der Waals surface area contributed by atoms with E-state index in [-0.39, 0.29) is 28.5 Å². The lowest BCUT2D eigenvalue weighted by molar-refractivity contribution is -0.122. The minimum Gasteiger partial charge on any atom is -0.350 e. The second-order valence-corrected chi connectivity index (χ2v) is 10.1. The van der Waals surface area contributed by atoms with Gasteiger partial charge in [0.2, 0.25) is 10.0 Å².